The number of fused-ring (bicyclic) bond motifs is 1. The van der Waals surface area contributed by atoms with Crippen LogP contribution in [0, 0.1) is 2.88 Å². The molecule has 2 rings (SSSR count). The molecule has 1 atom stereocenters. The number of hydrogen-bond donors (Lipinski definition) is 0. The average Bonchev–Trinajstić information content (AvgIpc) is 2.63. The van der Waals surface area contributed by atoms with Gasteiger partial charge in [0.25, 0.3) is 0 Å². The smallest absolute Gasteiger partial charge is 0.0817 e. The van der Waals surface area contributed by atoms with Crippen molar-refractivity contribution in [2.75, 3.05) is 6.61 Å². The number of ether oxygens (including phenoxy) is 1. The summed E-state index contributed by atoms with van der Waals surface area (Å²) in [5, 5.41) is 0. The lowest BCUT2D eigenvalue weighted by molar-refractivity contribution is 0.0756. The molecule has 0 aromatic carbocycles. The summed E-state index contributed by atoms with van der Waals surface area (Å²) in [5.41, 5.74) is 3.07. The van der Waals surface area contributed by atoms with Crippen molar-refractivity contribution in [1.29, 1.82) is 0 Å². The molecular formula is C11H15IOS. The van der Waals surface area contributed by atoms with Crippen molar-refractivity contribution >= 4 is 33.9 Å². The normalized spacial score (nSPS) is 17.1. The van der Waals surface area contributed by atoms with Crippen LogP contribution in [0.2, 0.25) is 0 Å². The van der Waals surface area contributed by atoms with Gasteiger partial charge in [0.1, 0.15) is 0 Å². The second-order valence-corrected chi connectivity index (χ2v) is 6.56. The molecule has 1 nitrogen and oxygen atoms in total. The maximum atomic E-state index is 5.69. The standard InChI is InChI=1S/C11H15IOS/c1-3-13-7(2)10-8-5-4-6-9(8)14-11(10)12/h7H,3-6H2,1-2H3. The first-order valence-electron chi connectivity index (χ1n) is 5.15. The van der Waals surface area contributed by atoms with Crippen LogP contribution in [-0.2, 0) is 17.6 Å². The highest BCUT2D eigenvalue weighted by Crippen LogP contribution is 2.40. The summed E-state index contributed by atoms with van der Waals surface area (Å²) in [5.74, 6) is 0. The molecule has 1 aromatic rings. The second-order valence-electron chi connectivity index (χ2n) is 3.64. The number of halogens is 1. The summed E-state index contributed by atoms with van der Waals surface area (Å²) in [6.45, 7) is 5.05. The van der Waals surface area contributed by atoms with Gasteiger partial charge in [0.05, 0.1) is 8.99 Å². The molecule has 14 heavy (non-hydrogen) atoms. The van der Waals surface area contributed by atoms with E-state index in [4.69, 9.17) is 4.74 Å². The van der Waals surface area contributed by atoms with E-state index in [9.17, 15) is 0 Å². The predicted octanol–water partition coefficient (Wildman–Crippen LogP) is 3.94. The maximum absolute atomic E-state index is 5.69. The van der Waals surface area contributed by atoms with Crippen LogP contribution < -0.4 is 0 Å². The predicted molar refractivity (Wildman–Crippen MR) is 69.1 cm³/mol. The minimum absolute atomic E-state index is 0.282. The summed E-state index contributed by atoms with van der Waals surface area (Å²) in [7, 11) is 0. The molecule has 0 aliphatic heterocycles. The monoisotopic (exact) mass is 322 g/mol. The Morgan fingerprint density at radius 1 is 1.50 bits per heavy atom. The fourth-order valence-electron chi connectivity index (χ4n) is 2.13. The third kappa shape index (κ3) is 1.86. The molecule has 0 saturated carbocycles. The Morgan fingerprint density at radius 2 is 2.29 bits per heavy atom. The summed E-state index contributed by atoms with van der Waals surface area (Å²) in [4.78, 5) is 1.61. The lowest BCUT2D eigenvalue weighted by atomic mass is 10.1. The van der Waals surface area contributed by atoms with Crippen LogP contribution >= 0.6 is 33.9 Å². The molecule has 3 heteroatoms. The maximum Gasteiger partial charge on any atom is 0.0817 e. The van der Waals surface area contributed by atoms with Crippen LogP contribution in [0.5, 0.6) is 0 Å². The molecule has 1 heterocycles. The topological polar surface area (TPSA) is 9.23 Å². The van der Waals surface area contributed by atoms with Crippen molar-refractivity contribution in [3.63, 3.8) is 0 Å². The van der Waals surface area contributed by atoms with Gasteiger partial charge < -0.3 is 4.74 Å². The lowest BCUT2D eigenvalue weighted by Gasteiger charge is -2.12. The Hall–Kier alpha value is 0.390. The van der Waals surface area contributed by atoms with Crippen LogP contribution in [0.25, 0.3) is 0 Å². The number of thiophene rings is 1. The number of rotatable bonds is 3. The molecular weight excluding hydrogens is 307 g/mol. The van der Waals surface area contributed by atoms with Gasteiger partial charge in [-0.2, -0.15) is 0 Å². The molecule has 0 radical (unpaired) electrons. The summed E-state index contributed by atoms with van der Waals surface area (Å²) >= 11 is 4.42. The molecule has 1 unspecified atom stereocenters. The van der Waals surface area contributed by atoms with E-state index in [0.29, 0.717) is 0 Å². The highest BCUT2D eigenvalue weighted by molar-refractivity contribution is 14.1. The third-order valence-electron chi connectivity index (χ3n) is 2.74. The Balaban J connectivity index is 2.32. The van der Waals surface area contributed by atoms with Crippen molar-refractivity contribution in [2.45, 2.75) is 39.2 Å². The van der Waals surface area contributed by atoms with Gasteiger partial charge in [-0.25, -0.2) is 0 Å². The molecule has 0 N–H and O–H groups in total. The summed E-state index contributed by atoms with van der Waals surface area (Å²) in [6.07, 6.45) is 4.17. The van der Waals surface area contributed by atoms with Crippen LogP contribution in [0.1, 0.15) is 42.4 Å². The van der Waals surface area contributed by atoms with Gasteiger partial charge in [-0.15, -0.1) is 11.3 Å². The fraction of sp³-hybridized carbons (Fsp3) is 0.636. The molecule has 1 aliphatic rings. The van der Waals surface area contributed by atoms with Crippen LogP contribution in [0.15, 0.2) is 0 Å². The van der Waals surface area contributed by atoms with Crippen LogP contribution in [-0.4, -0.2) is 6.61 Å². The van der Waals surface area contributed by atoms with Crippen LogP contribution in [0.4, 0.5) is 0 Å². The van der Waals surface area contributed by atoms with E-state index in [1.807, 2.05) is 11.3 Å². The zero-order valence-corrected chi connectivity index (χ0v) is 11.6. The van der Waals surface area contributed by atoms with E-state index in [1.165, 1.54) is 27.7 Å². The Labute approximate surface area is 103 Å². The number of aryl methyl sites for hydroxylation is 1. The number of hydrogen-bond acceptors (Lipinski definition) is 2. The first-order valence-corrected chi connectivity index (χ1v) is 7.05. The Morgan fingerprint density at radius 3 is 3.00 bits per heavy atom. The van der Waals surface area contributed by atoms with Gasteiger partial charge in [-0.3, -0.25) is 0 Å². The zero-order valence-electron chi connectivity index (χ0n) is 8.60. The fourth-order valence-corrected chi connectivity index (χ4v) is 4.89. The third-order valence-corrected chi connectivity index (χ3v) is 5.08. The van der Waals surface area contributed by atoms with Crippen molar-refractivity contribution in [1.82, 2.24) is 0 Å². The summed E-state index contributed by atoms with van der Waals surface area (Å²) < 4.78 is 7.13. The minimum atomic E-state index is 0.282. The molecule has 1 aromatic heterocycles. The van der Waals surface area contributed by atoms with Crippen molar-refractivity contribution in [3.05, 3.63) is 18.9 Å². The van der Waals surface area contributed by atoms with Crippen molar-refractivity contribution in [2.24, 2.45) is 0 Å². The van der Waals surface area contributed by atoms with E-state index in [1.54, 1.807) is 10.4 Å². The average molecular weight is 322 g/mol. The van der Waals surface area contributed by atoms with Gasteiger partial charge in [-0.05, 0) is 61.3 Å². The van der Waals surface area contributed by atoms with Crippen LogP contribution in [0.3, 0.4) is 0 Å². The molecule has 1 aliphatic carbocycles. The first kappa shape index (κ1) is 10.9. The van der Waals surface area contributed by atoms with Crippen molar-refractivity contribution < 1.29 is 4.74 Å². The molecule has 0 spiro atoms. The first-order chi connectivity index (χ1) is 6.74. The largest absolute Gasteiger partial charge is 0.374 e. The van der Waals surface area contributed by atoms with E-state index in [2.05, 4.69) is 36.4 Å². The quantitative estimate of drug-likeness (QED) is 0.766. The van der Waals surface area contributed by atoms with Gasteiger partial charge in [-0.1, -0.05) is 0 Å². The SMILES string of the molecule is CCOC(C)c1c(I)sc2c1CCC2. The van der Waals surface area contributed by atoms with E-state index >= 15 is 0 Å². The molecule has 78 valence electrons. The Bertz CT molecular complexity index is 332. The molecule has 0 fully saturated rings. The van der Waals surface area contributed by atoms with E-state index in [-0.39, 0.29) is 6.10 Å². The van der Waals surface area contributed by atoms with Gasteiger partial charge in [0, 0.05) is 17.0 Å². The minimum Gasteiger partial charge on any atom is -0.374 e. The summed E-state index contributed by atoms with van der Waals surface area (Å²) in [6, 6.07) is 0. The highest BCUT2D eigenvalue weighted by Gasteiger charge is 2.24. The molecule has 0 amide bonds. The zero-order chi connectivity index (χ0) is 10.1. The van der Waals surface area contributed by atoms with Gasteiger partial charge >= 0.3 is 0 Å². The van der Waals surface area contributed by atoms with Gasteiger partial charge in [0.15, 0.2) is 0 Å². The lowest BCUT2D eigenvalue weighted by Crippen LogP contribution is -2.02. The highest BCUT2D eigenvalue weighted by atomic mass is 127. The molecule has 0 saturated heterocycles. The van der Waals surface area contributed by atoms with Gasteiger partial charge in [0.2, 0.25) is 0 Å². The van der Waals surface area contributed by atoms with E-state index in [0.717, 1.165) is 6.61 Å². The molecule has 0 bridgehead atoms. The van der Waals surface area contributed by atoms with Crippen molar-refractivity contribution in [3.8, 4) is 0 Å². The second kappa shape index (κ2) is 4.49. The van der Waals surface area contributed by atoms with E-state index < -0.39 is 0 Å². The Kier molecular flexibility index (Phi) is 3.50.